The summed E-state index contributed by atoms with van der Waals surface area (Å²) in [6.45, 7) is 0. The zero-order valence-electron chi connectivity index (χ0n) is 8.54. The molecule has 0 fully saturated rings. The van der Waals surface area contributed by atoms with Gasteiger partial charge in [-0.15, -0.1) is 0 Å². The molecule has 78 valence electrons. The number of nitrogen functional groups attached to an aromatic ring is 1. The van der Waals surface area contributed by atoms with Crippen molar-refractivity contribution >= 4 is 16.7 Å². The second kappa shape index (κ2) is 3.34. The number of rotatable bonds is 1. The van der Waals surface area contributed by atoms with E-state index in [4.69, 9.17) is 5.73 Å². The van der Waals surface area contributed by atoms with E-state index < -0.39 is 0 Å². The molecule has 0 radical (unpaired) electrons. The van der Waals surface area contributed by atoms with Gasteiger partial charge in [0.25, 0.3) is 0 Å². The van der Waals surface area contributed by atoms with Crippen LogP contribution < -0.4 is 5.73 Å². The molecule has 3 rings (SSSR count). The molecule has 0 aliphatic rings. The number of nitrogens with zero attached hydrogens (tertiary/aromatic N) is 3. The number of hydrogen-bond donors (Lipinski definition) is 1. The minimum Gasteiger partial charge on any atom is -0.384 e. The lowest BCUT2D eigenvalue weighted by molar-refractivity contribution is 1.10. The summed E-state index contributed by atoms with van der Waals surface area (Å²) in [6, 6.07) is 7.78. The molecule has 3 aromatic rings. The highest BCUT2D eigenvalue weighted by molar-refractivity contribution is 5.82. The van der Waals surface area contributed by atoms with Crippen LogP contribution in [0.1, 0.15) is 0 Å². The van der Waals surface area contributed by atoms with E-state index in [1.54, 1.807) is 12.4 Å². The lowest BCUT2D eigenvalue weighted by Gasteiger charge is -2.04. The molecule has 0 saturated heterocycles. The third-order valence-corrected chi connectivity index (χ3v) is 2.52. The van der Waals surface area contributed by atoms with Gasteiger partial charge in [-0.2, -0.15) is 0 Å². The molecule has 0 amide bonds. The highest BCUT2D eigenvalue weighted by atomic mass is 15.0. The maximum atomic E-state index is 5.69. The van der Waals surface area contributed by atoms with Gasteiger partial charge in [-0.1, -0.05) is 0 Å². The van der Waals surface area contributed by atoms with Crippen molar-refractivity contribution in [3.05, 3.63) is 49.1 Å². The van der Waals surface area contributed by atoms with E-state index in [0.717, 1.165) is 16.6 Å². The van der Waals surface area contributed by atoms with Crippen LogP contribution in [0.15, 0.2) is 49.1 Å². The van der Waals surface area contributed by atoms with Crippen LogP contribution in [-0.4, -0.2) is 14.5 Å². The summed E-state index contributed by atoms with van der Waals surface area (Å²) in [5.41, 5.74) is 7.75. The second-order valence-corrected chi connectivity index (χ2v) is 3.56. The number of aromatic nitrogens is 3. The van der Waals surface area contributed by atoms with Crippen molar-refractivity contribution in [1.82, 2.24) is 14.5 Å². The second-order valence-electron chi connectivity index (χ2n) is 3.56. The highest BCUT2D eigenvalue weighted by Crippen LogP contribution is 2.20. The predicted molar refractivity (Wildman–Crippen MR) is 63.3 cm³/mol. The average Bonchev–Trinajstić information content (AvgIpc) is 2.73. The summed E-state index contributed by atoms with van der Waals surface area (Å²) >= 11 is 0. The zero-order chi connectivity index (χ0) is 11.0. The summed E-state index contributed by atoms with van der Waals surface area (Å²) in [5, 5.41) is 1.07. The van der Waals surface area contributed by atoms with Crippen molar-refractivity contribution < 1.29 is 0 Å². The largest absolute Gasteiger partial charge is 0.384 e. The lowest BCUT2D eigenvalue weighted by Crippen LogP contribution is -1.94. The van der Waals surface area contributed by atoms with Crippen LogP contribution in [0.25, 0.3) is 16.6 Å². The van der Waals surface area contributed by atoms with Crippen LogP contribution in [0.5, 0.6) is 0 Å². The van der Waals surface area contributed by atoms with Crippen LogP contribution in [0, 0.1) is 0 Å². The predicted octanol–water partition coefficient (Wildman–Crippen LogP) is 2.00. The monoisotopic (exact) mass is 210 g/mol. The van der Waals surface area contributed by atoms with Crippen molar-refractivity contribution in [2.45, 2.75) is 0 Å². The summed E-state index contributed by atoms with van der Waals surface area (Å²) in [4.78, 5) is 8.17. The van der Waals surface area contributed by atoms with Crippen molar-refractivity contribution in [3.63, 3.8) is 0 Å². The van der Waals surface area contributed by atoms with Gasteiger partial charge < -0.3 is 10.3 Å². The molecule has 3 heterocycles. The average molecular weight is 210 g/mol. The number of pyridine rings is 2. The van der Waals surface area contributed by atoms with E-state index in [0.29, 0.717) is 5.82 Å². The van der Waals surface area contributed by atoms with Crippen LogP contribution in [0.4, 0.5) is 5.82 Å². The molecule has 0 aliphatic carbocycles. The molecule has 0 atom stereocenters. The Morgan fingerprint density at radius 1 is 1.19 bits per heavy atom. The summed E-state index contributed by atoms with van der Waals surface area (Å²) in [7, 11) is 0. The Morgan fingerprint density at radius 2 is 2.12 bits per heavy atom. The first-order valence-corrected chi connectivity index (χ1v) is 4.97. The van der Waals surface area contributed by atoms with Gasteiger partial charge in [0, 0.05) is 30.0 Å². The van der Waals surface area contributed by atoms with E-state index in [2.05, 4.69) is 9.97 Å². The molecule has 3 aromatic heterocycles. The van der Waals surface area contributed by atoms with Crippen molar-refractivity contribution in [2.75, 3.05) is 5.73 Å². The number of hydrogen-bond acceptors (Lipinski definition) is 3. The maximum Gasteiger partial charge on any atom is 0.125 e. The van der Waals surface area contributed by atoms with Gasteiger partial charge >= 0.3 is 0 Å². The van der Waals surface area contributed by atoms with Gasteiger partial charge in [-0.25, -0.2) is 4.98 Å². The van der Waals surface area contributed by atoms with Gasteiger partial charge in [-0.3, -0.25) is 4.98 Å². The molecule has 0 bridgehead atoms. The minimum atomic E-state index is 0.524. The Balaban J connectivity index is 2.29. The molecule has 2 N–H and O–H groups in total. The van der Waals surface area contributed by atoms with Gasteiger partial charge in [0.15, 0.2) is 0 Å². The van der Waals surface area contributed by atoms with Gasteiger partial charge in [0.1, 0.15) is 5.82 Å². The third kappa shape index (κ3) is 1.32. The molecule has 4 nitrogen and oxygen atoms in total. The van der Waals surface area contributed by atoms with Crippen LogP contribution in [-0.2, 0) is 0 Å². The van der Waals surface area contributed by atoms with E-state index in [1.807, 2.05) is 41.2 Å². The normalized spacial score (nSPS) is 10.8. The molecule has 16 heavy (non-hydrogen) atoms. The third-order valence-electron chi connectivity index (χ3n) is 2.52. The molecule has 0 aliphatic heterocycles. The smallest absolute Gasteiger partial charge is 0.125 e. The maximum absolute atomic E-state index is 5.69. The first kappa shape index (κ1) is 8.91. The van der Waals surface area contributed by atoms with Gasteiger partial charge in [0.05, 0.1) is 17.4 Å². The first-order valence-electron chi connectivity index (χ1n) is 4.97. The fraction of sp³-hybridized carbons (Fsp3) is 0. The Hall–Kier alpha value is -2.36. The molecule has 0 aromatic carbocycles. The van der Waals surface area contributed by atoms with Gasteiger partial charge in [0.2, 0.25) is 0 Å². The van der Waals surface area contributed by atoms with Crippen LogP contribution in [0.2, 0.25) is 0 Å². The standard InChI is InChI=1S/C12H10N4/c13-12-6-11-9(7-15-12)3-5-16(11)10-2-1-4-14-8-10/h1-8H,(H2,13,15). The molecule has 4 heteroatoms. The zero-order valence-corrected chi connectivity index (χ0v) is 8.54. The minimum absolute atomic E-state index is 0.524. The van der Waals surface area contributed by atoms with Crippen molar-refractivity contribution in [3.8, 4) is 5.69 Å². The van der Waals surface area contributed by atoms with E-state index in [9.17, 15) is 0 Å². The number of fused-ring (bicyclic) bond motifs is 1. The first-order chi connectivity index (χ1) is 7.84. The van der Waals surface area contributed by atoms with E-state index in [-0.39, 0.29) is 0 Å². The molecule has 0 spiro atoms. The number of anilines is 1. The Kier molecular flexibility index (Phi) is 1.86. The summed E-state index contributed by atoms with van der Waals surface area (Å²) in [5.74, 6) is 0.524. The fourth-order valence-electron chi connectivity index (χ4n) is 1.76. The van der Waals surface area contributed by atoms with E-state index >= 15 is 0 Å². The Labute approximate surface area is 92.4 Å². The lowest BCUT2D eigenvalue weighted by atomic mass is 10.3. The molecule has 0 saturated carbocycles. The molecule has 0 unspecified atom stereocenters. The van der Waals surface area contributed by atoms with Crippen LogP contribution >= 0.6 is 0 Å². The van der Waals surface area contributed by atoms with E-state index in [1.165, 1.54) is 0 Å². The Bertz CT molecular complexity index is 628. The number of nitrogens with two attached hydrogens (primary N) is 1. The summed E-state index contributed by atoms with van der Waals surface area (Å²) in [6.07, 6.45) is 7.33. The van der Waals surface area contributed by atoms with Crippen molar-refractivity contribution in [2.24, 2.45) is 0 Å². The molecular weight excluding hydrogens is 200 g/mol. The van der Waals surface area contributed by atoms with Gasteiger partial charge in [-0.05, 0) is 18.2 Å². The summed E-state index contributed by atoms with van der Waals surface area (Å²) < 4.78 is 2.04. The topological polar surface area (TPSA) is 56.7 Å². The quantitative estimate of drug-likeness (QED) is 0.668. The van der Waals surface area contributed by atoms with Crippen molar-refractivity contribution in [1.29, 1.82) is 0 Å². The fourth-order valence-corrected chi connectivity index (χ4v) is 1.76. The Morgan fingerprint density at radius 3 is 2.94 bits per heavy atom. The molecular formula is C12H10N4. The highest BCUT2D eigenvalue weighted by Gasteiger charge is 2.03. The SMILES string of the molecule is Nc1cc2c(ccn2-c2cccnc2)cn1. The van der Waals surface area contributed by atoms with Crippen LogP contribution in [0.3, 0.4) is 0 Å².